The van der Waals surface area contributed by atoms with Gasteiger partial charge in [-0.05, 0) is 85.6 Å². The number of rotatable bonds is 4. The average Bonchev–Trinajstić information content (AvgIpc) is 3.01. The number of nitrogens with zero attached hydrogens (tertiary/aromatic N) is 1. The van der Waals surface area contributed by atoms with E-state index in [9.17, 15) is 14.9 Å². The summed E-state index contributed by atoms with van der Waals surface area (Å²) in [7, 11) is -0.837. The monoisotopic (exact) mass is 428 g/mol. The van der Waals surface area contributed by atoms with Gasteiger partial charge in [-0.3, -0.25) is 14.9 Å². The van der Waals surface area contributed by atoms with Crippen molar-refractivity contribution in [3.05, 3.63) is 38.9 Å². The molecule has 0 unspecified atom stereocenters. The number of ketones is 1. The second-order valence-electron chi connectivity index (χ2n) is 10.8. The number of hydrogen-bond donors (Lipinski definition) is 0. The van der Waals surface area contributed by atoms with Crippen molar-refractivity contribution in [2.24, 2.45) is 17.3 Å². The molecule has 0 aromatic heterocycles. The fraction of sp³-hybridized carbons (Fsp3) is 0.708. The SMILES string of the molecule is C[Si](C)OC[C@]12CC[C@@H]3c4cc([N+](=O)[O-])c(C(C)(C)C)cc4CC[C@H]3[C@@H]1CCC2=O. The van der Waals surface area contributed by atoms with Crippen LogP contribution in [0.15, 0.2) is 12.1 Å². The lowest BCUT2D eigenvalue weighted by Gasteiger charge is -2.49. The molecule has 1 aromatic rings. The van der Waals surface area contributed by atoms with Gasteiger partial charge in [-0.1, -0.05) is 20.8 Å². The van der Waals surface area contributed by atoms with Crippen molar-refractivity contribution in [3.8, 4) is 0 Å². The Morgan fingerprint density at radius 3 is 2.57 bits per heavy atom. The molecular formula is C24H34NO4Si. The molecule has 2 fully saturated rings. The van der Waals surface area contributed by atoms with E-state index in [0.717, 1.165) is 37.7 Å². The molecule has 0 bridgehead atoms. The highest BCUT2D eigenvalue weighted by Crippen LogP contribution is 2.60. The van der Waals surface area contributed by atoms with Crippen LogP contribution in [0.25, 0.3) is 0 Å². The van der Waals surface area contributed by atoms with Crippen LogP contribution in [0.2, 0.25) is 13.1 Å². The summed E-state index contributed by atoms with van der Waals surface area (Å²) in [5.74, 6) is 1.53. The van der Waals surface area contributed by atoms with Gasteiger partial charge in [0, 0.05) is 24.7 Å². The molecule has 0 aliphatic heterocycles. The smallest absolute Gasteiger partial charge is 0.273 e. The number of aryl methyl sites for hydroxylation is 1. The van der Waals surface area contributed by atoms with Gasteiger partial charge < -0.3 is 4.43 Å². The van der Waals surface area contributed by atoms with Crippen LogP contribution in [0, 0.1) is 27.4 Å². The Hall–Kier alpha value is -1.53. The Bertz CT molecular complexity index is 875. The van der Waals surface area contributed by atoms with Gasteiger partial charge in [0.1, 0.15) is 5.78 Å². The van der Waals surface area contributed by atoms with E-state index in [1.54, 1.807) is 0 Å². The van der Waals surface area contributed by atoms with Crippen molar-refractivity contribution in [2.75, 3.05) is 6.61 Å². The first-order valence-corrected chi connectivity index (χ1v) is 13.7. The molecule has 0 saturated heterocycles. The molecule has 2 saturated carbocycles. The lowest BCUT2D eigenvalue weighted by Crippen LogP contribution is -2.47. The van der Waals surface area contributed by atoms with Crippen molar-refractivity contribution in [2.45, 2.75) is 83.7 Å². The summed E-state index contributed by atoms with van der Waals surface area (Å²) in [5, 5.41) is 11.9. The van der Waals surface area contributed by atoms with E-state index in [1.165, 1.54) is 11.1 Å². The van der Waals surface area contributed by atoms with Crippen molar-refractivity contribution >= 4 is 20.5 Å². The summed E-state index contributed by atoms with van der Waals surface area (Å²) in [6.45, 7) is 11.0. The summed E-state index contributed by atoms with van der Waals surface area (Å²) >= 11 is 0. The third-order valence-corrected chi connectivity index (χ3v) is 8.63. The standard InChI is InChI=1S/C24H34NO4Si/c1-23(2,3)20-12-15-6-7-17-16(18(15)13-21(20)25(27)28)10-11-24(14-29-30(4)5)19(17)8-9-22(24)26/h12-13,16-17,19H,6-11,14H2,1-5H3/t16-,17+,19-,24+/m0/s1. The van der Waals surface area contributed by atoms with Gasteiger partial charge in [0.05, 0.1) is 10.3 Å². The average molecular weight is 429 g/mol. The minimum atomic E-state index is -0.837. The Morgan fingerprint density at radius 1 is 1.20 bits per heavy atom. The first-order chi connectivity index (χ1) is 14.0. The maximum absolute atomic E-state index is 13.0. The number of hydrogen-bond acceptors (Lipinski definition) is 4. The molecule has 5 nitrogen and oxygen atoms in total. The van der Waals surface area contributed by atoms with E-state index in [2.05, 4.69) is 19.2 Å². The third kappa shape index (κ3) is 3.46. The van der Waals surface area contributed by atoms with Crippen molar-refractivity contribution < 1.29 is 14.1 Å². The number of Topliss-reactive ketones (excluding diaryl/α,β-unsaturated/α-hetero) is 1. The van der Waals surface area contributed by atoms with Crippen LogP contribution in [0.3, 0.4) is 0 Å². The molecule has 4 rings (SSSR count). The van der Waals surface area contributed by atoms with E-state index < -0.39 is 9.04 Å². The maximum atomic E-state index is 13.0. The molecular weight excluding hydrogens is 394 g/mol. The largest absolute Gasteiger partial charge is 0.416 e. The normalized spacial score (nSPS) is 30.7. The Labute approximate surface area is 181 Å². The van der Waals surface area contributed by atoms with E-state index in [-0.39, 0.29) is 21.4 Å². The highest BCUT2D eigenvalue weighted by Gasteiger charge is 2.57. The van der Waals surface area contributed by atoms with E-state index in [0.29, 0.717) is 36.6 Å². The fourth-order valence-corrected chi connectivity index (χ4v) is 7.03. The molecule has 30 heavy (non-hydrogen) atoms. The molecule has 0 heterocycles. The Balaban J connectivity index is 1.71. The summed E-state index contributed by atoms with van der Waals surface area (Å²) in [6, 6.07) is 3.99. The van der Waals surface area contributed by atoms with Crippen LogP contribution in [-0.2, 0) is 21.1 Å². The third-order valence-electron chi connectivity index (χ3n) is 7.91. The summed E-state index contributed by atoms with van der Waals surface area (Å²) < 4.78 is 6.10. The van der Waals surface area contributed by atoms with Crippen LogP contribution in [0.5, 0.6) is 0 Å². The first-order valence-electron chi connectivity index (χ1n) is 11.3. The number of nitro benzene ring substituents is 1. The number of carbonyl (C=O) groups excluding carboxylic acids is 1. The van der Waals surface area contributed by atoms with Crippen LogP contribution in [0.4, 0.5) is 5.69 Å². The lowest BCUT2D eigenvalue weighted by molar-refractivity contribution is -0.386. The fourth-order valence-electron chi connectivity index (χ4n) is 6.48. The summed E-state index contributed by atoms with van der Waals surface area (Å²) in [6.07, 6.45) is 5.45. The van der Waals surface area contributed by atoms with Crippen LogP contribution in [-0.4, -0.2) is 26.4 Å². The zero-order valence-electron chi connectivity index (χ0n) is 18.9. The number of fused-ring (bicyclic) bond motifs is 5. The second-order valence-corrected chi connectivity index (χ2v) is 12.9. The molecule has 1 aromatic carbocycles. The minimum absolute atomic E-state index is 0.212. The summed E-state index contributed by atoms with van der Waals surface area (Å²) in [4.78, 5) is 24.7. The molecule has 0 N–H and O–H groups in total. The second kappa shape index (κ2) is 7.55. The Kier molecular flexibility index (Phi) is 5.46. The van der Waals surface area contributed by atoms with Crippen molar-refractivity contribution in [1.29, 1.82) is 0 Å². The number of benzene rings is 1. The summed E-state index contributed by atoms with van der Waals surface area (Å²) in [5.41, 5.74) is 2.99. The van der Waals surface area contributed by atoms with Crippen molar-refractivity contribution in [1.82, 2.24) is 0 Å². The highest BCUT2D eigenvalue weighted by atomic mass is 28.3. The maximum Gasteiger partial charge on any atom is 0.273 e. The van der Waals surface area contributed by atoms with Gasteiger partial charge >= 0.3 is 0 Å². The molecule has 4 atom stereocenters. The van der Waals surface area contributed by atoms with Gasteiger partial charge in [0.25, 0.3) is 5.69 Å². The predicted octanol–water partition coefficient (Wildman–Crippen LogP) is 5.57. The molecule has 0 spiro atoms. The van der Waals surface area contributed by atoms with Crippen LogP contribution < -0.4 is 0 Å². The topological polar surface area (TPSA) is 69.4 Å². The van der Waals surface area contributed by atoms with Gasteiger partial charge in [0.2, 0.25) is 9.04 Å². The molecule has 3 aliphatic rings. The van der Waals surface area contributed by atoms with Gasteiger partial charge in [0.15, 0.2) is 0 Å². The molecule has 1 radical (unpaired) electrons. The van der Waals surface area contributed by atoms with Crippen molar-refractivity contribution in [3.63, 3.8) is 0 Å². The molecule has 0 amide bonds. The Morgan fingerprint density at radius 2 is 1.93 bits per heavy atom. The predicted molar refractivity (Wildman–Crippen MR) is 119 cm³/mol. The van der Waals surface area contributed by atoms with Crippen LogP contribution >= 0.6 is 0 Å². The zero-order valence-corrected chi connectivity index (χ0v) is 19.9. The number of nitro groups is 1. The minimum Gasteiger partial charge on any atom is -0.416 e. The first kappa shape index (κ1) is 21.7. The van der Waals surface area contributed by atoms with Gasteiger partial charge in [-0.15, -0.1) is 0 Å². The van der Waals surface area contributed by atoms with Gasteiger partial charge in [-0.2, -0.15) is 0 Å². The van der Waals surface area contributed by atoms with E-state index in [1.807, 2.05) is 26.8 Å². The number of carbonyl (C=O) groups is 1. The van der Waals surface area contributed by atoms with E-state index >= 15 is 0 Å². The lowest BCUT2D eigenvalue weighted by atomic mass is 9.55. The van der Waals surface area contributed by atoms with E-state index in [4.69, 9.17) is 4.43 Å². The quantitative estimate of drug-likeness (QED) is 0.357. The highest BCUT2D eigenvalue weighted by molar-refractivity contribution is 6.48. The molecule has 163 valence electrons. The van der Waals surface area contributed by atoms with Crippen LogP contribution in [0.1, 0.15) is 75.5 Å². The zero-order chi connectivity index (χ0) is 21.8. The van der Waals surface area contributed by atoms with Gasteiger partial charge in [-0.25, -0.2) is 0 Å². The molecule has 3 aliphatic carbocycles. The molecule has 6 heteroatoms.